The number of carboxylic acids is 1. The molecule has 78 valence electrons. The molecule has 0 aliphatic heterocycles. The van der Waals surface area contributed by atoms with Crippen LogP contribution in [0.15, 0.2) is 23.4 Å². The van der Waals surface area contributed by atoms with Crippen LogP contribution in [0, 0.1) is 0 Å². The van der Waals surface area contributed by atoms with E-state index in [0.29, 0.717) is 12.1 Å². The van der Waals surface area contributed by atoms with Gasteiger partial charge in [0.15, 0.2) is 0 Å². The van der Waals surface area contributed by atoms with Crippen LogP contribution in [0.4, 0.5) is 0 Å². The van der Waals surface area contributed by atoms with Gasteiger partial charge < -0.3 is 10.3 Å². The maximum absolute atomic E-state index is 10.8. The first-order valence-corrected chi connectivity index (χ1v) is 4.80. The van der Waals surface area contributed by atoms with Gasteiger partial charge in [0.05, 0.1) is 11.3 Å². The van der Waals surface area contributed by atoms with Crippen molar-refractivity contribution in [1.82, 2.24) is 0 Å². The Labute approximate surface area is 86.8 Å². The third kappa shape index (κ3) is 1.70. The molecule has 2 rings (SSSR count). The van der Waals surface area contributed by atoms with E-state index >= 15 is 0 Å². The number of aryl methyl sites for hydroxylation is 1. The highest BCUT2D eigenvalue weighted by Gasteiger charge is 2.17. The normalized spacial score (nSPS) is 17.5. The summed E-state index contributed by atoms with van der Waals surface area (Å²) in [7, 11) is 0. The fourth-order valence-corrected chi connectivity index (χ4v) is 1.88. The average Bonchev–Trinajstić information content (AvgIpc) is 2.27. The van der Waals surface area contributed by atoms with E-state index in [-0.39, 0.29) is 5.56 Å². The summed E-state index contributed by atoms with van der Waals surface area (Å²) < 4.78 is 0. The van der Waals surface area contributed by atoms with Gasteiger partial charge in [-0.15, -0.1) is 0 Å². The van der Waals surface area contributed by atoms with E-state index in [0.717, 1.165) is 24.0 Å². The Bertz CT molecular complexity index is 437. The van der Waals surface area contributed by atoms with Crippen LogP contribution in [0.1, 0.15) is 34.3 Å². The zero-order chi connectivity index (χ0) is 10.8. The summed E-state index contributed by atoms with van der Waals surface area (Å²) in [5.74, 6) is -0.958. The minimum atomic E-state index is -0.958. The summed E-state index contributed by atoms with van der Waals surface area (Å²) in [5, 5.41) is 20.9. The topological polar surface area (TPSA) is 69.9 Å². The van der Waals surface area contributed by atoms with Gasteiger partial charge in [-0.25, -0.2) is 4.79 Å². The molecule has 0 atom stereocenters. The van der Waals surface area contributed by atoms with Crippen LogP contribution in [0.2, 0.25) is 0 Å². The van der Waals surface area contributed by atoms with Crippen LogP contribution in [0.25, 0.3) is 0 Å². The van der Waals surface area contributed by atoms with Crippen molar-refractivity contribution in [2.45, 2.75) is 19.3 Å². The van der Waals surface area contributed by atoms with Crippen molar-refractivity contribution in [1.29, 1.82) is 0 Å². The Balaban J connectivity index is 2.53. The van der Waals surface area contributed by atoms with E-state index in [1.807, 2.05) is 0 Å². The van der Waals surface area contributed by atoms with Crippen molar-refractivity contribution in [3.63, 3.8) is 0 Å². The Morgan fingerprint density at radius 1 is 1.33 bits per heavy atom. The summed E-state index contributed by atoms with van der Waals surface area (Å²) >= 11 is 0. The largest absolute Gasteiger partial charge is 0.478 e. The molecule has 0 saturated heterocycles. The van der Waals surface area contributed by atoms with Gasteiger partial charge in [-0.1, -0.05) is 11.2 Å². The lowest BCUT2D eigenvalue weighted by molar-refractivity contribution is 0.0697. The number of hydrogen-bond donors (Lipinski definition) is 2. The van der Waals surface area contributed by atoms with Gasteiger partial charge in [0.2, 0.25) is 0 Å². The predicted molar refractivity (Wildman–Crippen MR) is 54.7 cm³/mol. The molecule has 0 amide bonds. The van der Waals surface area contributed by atoms with Crippen molar-refractivity contribution >= 4 is 11.7 Å². The molecule has 0 radical (unpaired) electrons. The number of carboxylic acid groups (broad SMARTS) is 1. The van der Waals surface area contributed by atoms with Crippen LogP contribution in [0.5, 0.6) is 0 Å². The van der Waals surface area contributed by atoms with Crippen LogP contribution < -0.4 is 0 Å². The third-order valence-electron chi connectivity index (χ3n) is 2.65. The molecule has 0 spiro atoms. The summed E-state index contributed by atoms with van der Waals surface area (Å²) in [6.45, 7) is 0. The molecule has 4 heteroatoms. The summed E-state index contributed by atoms with van der Waals surface area (Å²) in [5.41, 5.74) is 2.64. The highest BCUT2D eigenvalue weighted by Crippen LogP contribution is 2.22. The fourth-order valence-electron chi connectivity index (χ4n) is 1.88. The van der Waals surface area contributed by atoms with Crippen molar-refractivity contribution in [3.05, 3.63) is 34.9 Å². The molecule has 4 nitrogen and oxygen atoms in total. The van der Waals surface area contributed by atoms with E-state index in [1.54, 1.807) is 18.2 Å². The van der Waals surface area contributed by atoms with Crippen LogP contribution in [-0.4, -0.2) is 22.0 Å². The maximum atomic E-state index is 10.8. The Morgan fingerprint density at radius 2 is 2.13 bits per heavy atom. The van der Waals surface area contributed by atoms with Gasteiger partial charge >= 0.3 is 5.97 Å². The van der Waals surface area contributed by atoms with Gasteiger partial charge in [0.25, 0.3) is 0 Å². The number of rotatable bonds is 1. The summed E-state index contributed by atoms with van der Waals surface area (Å²) in [4.78, 5) is 10.8. The number of benzene rings is 1. The predicted octanol–water partition coefficient (Wildman–Crippen LogP) is 1.90. The molecule has 0 aromatic heterocycles. The molecule has 0 bridgehead atoms. The molecule has 15 heavy (non-hydrogen) atoms. The van der Waals surface area contributed by atoms with Gasteiger partial charge in [0, 0.05) is 5.56 Å². The third-order valence-corrected chi connectivity index (χ3v) is 2.65. The van der Waals surface area contributed by atoms with Gasteiger partial charge in [0.1, 0.15) is 0 Å². The number of oxime groups is 1. The first kappa shape index (κ1) is 9.71. The molecular weight excluding hydrogens is 194 g/mol. The second-order valence-corrected chi connectivity index (χ2v) is 3.58. The SMILES string of the molecule is O=C(O)c1ccc2c(c1)/C(=N\O)CCC2. The standard InChI is InChI=1S/C11H11NO3/c13-11(14)8-5-4-7-2-1-3-10(12-15)9(7)6-8/h4-6,15H,1-3H2,(H,13,14)/b12-10-. The number of nitrogens with zero attached hydrogens (tertiary/aromatic N) is 1. The van der Waals surface area contributed by atoms with E-state index in [9.17, 15) is 4.79 Å². The van der Waals surface area contributed by atoms with Crippen molar-refractivity contribution in [3.8, 4) is 0 Å². The minimum Gasteiger partial charge on any atom is -0.478 e. The second-order valence-electron chi connectivity index (χ2n) is 3.58. The first-order valence-electron chi connectivity index (χ1n) is 4.80. The molecule has 0 saturated carbocycles. The molecule has 2 N–H and O–H groups in total. The second kappa shape index (κ2) is 3.73. The Morgan fingerprint density at radius 3 is 2.80 bits per heavy atom. The minimum absolute atomic E-state index is 0.233. The van der Waals surface area contributed by atoms with Gasteiger partial charge in [-0.3, -0.25) is 0 Å². The average molecular weight is 205 g/mol. The summed E-state index contributed by atoms with van der Waals surface area (Å²) in [6.07, 6.45) is 2.56. The van der Waals surface area contributed by atoms with E-state index in [1.165, 1.54) is 0 Å². The molecule has 1 aromatic carbocycles. The van der Waals surface area contributed by atoms with Crippen molar-refractivity contribution < 1.29 is 15.1 Å². The highest BCUT2D eigenvalue weighted by molar-refractivity contribution is 6.04. The zero-order valence-corrected chi connectivity index (χ0v) is 8.10. The number of fused-ring (bicyclic) bond motifs is 1. The lowest BCUT2D eigenvalue weighted by Gasteiger charge is -2.16. The fraction of sp³-hybridized carbons (Fsp3) is 0.273. The number of aromatic carboxylic acids is 1. The molecule has 1 aliphatic rings. The maximum Gasteiger partial charge on any atom is 0.335 e. The van der Waals surface area contributed by atoms with Crippen molar-refractivity contribution in [2.75, 3.05) is 0 Å². The zero-order valence-electron chi connectivity index (χ0n) is 8.10. The molecule has 0 unspecified atom stereocenters. The van der Waals surface area contributed by atoms with Crippen LogP contribution >= 0.6 is 0 Å². The van der Waals surface area contributed by atoms with E-state index < -0.39 is 5.97 Å². The molecule has 0 fully saturated rings. The lowest BCUT2D eigenvalue weighted by atomic mass is 9.89. The lowest BCUT2D eigenvalue weighted by Crippen LogP contribution is -2.13. The summed E-state index contributed by atoms with van der Waals surface area (Å²) in [6, 6.07) is 4.95. The van der Waals surface area contributed by atoms with Gasteiger partial charge in [-0.2, -0.15) is 0 Å². The Hall–Kier alpha value is -1.84. The molecule has 0 heterocycles. The van der Waals surface area contributed by atoms with Crippen LogP contribution in [0.3, 0.4) is 0 Å². The van der Waals surface area contributed by atoms with E-state index in [2.05, 4.69) is 5.16 Å². The number of hydrogen-bond acceptors (Lipinski definition) is 3. The van der Waals surface area contributed by atoms with Crippen molar-refractivity contribution in [2.24, 2.45) is 5.16 Å². The van der Waals surface area contributed by atoms with Gasteiger partial charge in [-0.05, 0) is 37.0 Å². The molecule has 1 aliphatic carbocycles. The molecule has 1 aromatic rings. The smallest absolute Gasteiger partial charge is 0.335 e. The molecular formula is C11H11NO3. The quantitative estimate of drug-likeness (QED) is 0.543. The van der Waals surface area contributed by atoms with Crippen LogP contribution in [-0.2, 0) is 6.42 Å². The highest BCUT2D eigenvalue weighted by atomic mass is 16.4. The Kier molecular flexibility index (Phi) is 2.41. The first-order chi connectivity index (χ1) is 7.22. The monoisotopic (exact) mass is 205 g/mol. The number of carbonyl (C=O) groups is 1. The van der Waals surface area contributed by atoms with E-state index in [4.69, 9.17) is 10.3 Å².